The lowest BCUT2D eigenvalue weighted by Crippen LogP contribution is -2.20. The molecular weight excluding hydrogens is 374 g/mol. The highest BCUT2D eigenvalue weighted by atomic mass is 16.6. The third-order valence-electron chi connectivity index (χ3n) is 4.03. The van der Waals surface area contributed by atoms with Crippen molar-refractivity contribution in [2.75, 3.05) is 25.1 Å². The van der Waals surface area contributed by atoms with Crippen molar-refractivity contribution in [2.24, 2.45) is 0 Å². The molecule has 4 rings (SSSR count). The van der Waals surface area contributed by atoms with Crippen LogP contribution in [0.4, 0.5) is 5.69 Å². The van der Waals surface area contributed by atoms with E-state index in [9.17, 15) is 9.59 Å². The summed E-state index contributed by atoms with van der Waals surface area (Å²) >= 11 is 0. The molecule has 0 bridgehead atoms. The quantitative estimate of drug-likeness (QED) is 0.527. The second-order valence-electron chi connectivity index (χ2n) is 6.13. The number of carbonyl (C=O) groups is 2. The van der Waals surface area contributed by atoms with Crippen LogP contribution in [0.5, 0.6) is 11.5 Å². The summed E-state index contributed by atoms with van der Waals surface area (Å²) in [6.45, 7) is 0.532. The minimum Gasteiger partial charge on any atom is -0.486 e. The average molecular weight is 391 g/mol. The standard InChI is InChI=1S/C21H17N3O5/c25-20(24-14-5-7-18-19(11-14)28-10-9-27-18)13-29-21(26)8-6-15-12-22-16-3-1-2-4-17(16)23-15/h1-8,11-12H,9-10,13H2,(H,24,25)/b8-6+. The Bertz CT molecular complexity index is 1100. The molecule has 0 aliphatic carbocycles. The Hall–Kier alpha value is -3.94. The minimum absolute atomic E-state index is 0.416. The number of nitrogens with zero attached hydrogens (tertiary/aromatic N) is 2. The number of ether oxygens (including phenoxy) is 3. The first-order chi connectivity index (χ1) is 14.2. The van der Waals surface area contributed by atoms with Crippen LogP contribution in [-0.4, -0.2) is 41.7 Å². The topological polar surface area (TPSA) is 99.6 Å². The number of hydrogen-bond donors (Lipinski definition) is 1. The number of fused-ring (bicyclic) bond motifs is 2. The van der Waals surface area contributed by atoms with Crippen molar-refractivity contribution in [3.63, 3.8) is 0 Å². The number of rotatable bonds is 5. The van der Waals surface area contributed by atoms with Gasteiger partial charge in [0.05, 0.1) is 22.9 Å². The normalized spacial score (nSPS) is 12.7. The van der Waals surface area contributed by atoms with Gasteiger partial charge in [0.25, 0.3) is 5.91 Å². The monoisotopic (exact) mass is 391 g/mol. The van der Waals surface area contributed by atoms with E-state index in [0.29, 0.717) is 36.1 Å². The van der Waals surface area contributed by atoms with Crippen LogP contribution in [0.25, 0.3) is 17.1 Å². The molecular formula is C21H17N3O5. The Morgan fingerprint density at radius 2 is 1.86 bits per heavy atom. The molecule has 0 unspecified atom stereocenters. The molecule has 2 heterocycles. The second-order valence-corrected chi connectivity index (χ2v) is 6.13. The Morgan fingerprint density at radius 1 is 1.07 bits per heavy atom. The molecule has 8 heteroatoms. The Morgan fingerprint density at radius 3 is 2.72 bits per heavy atom. The van der Waals surface area contributed by atoms with Crippen molar-refractivity contribution < 1.29 is 23.8 Å². The smallest absolute Gasteiger partial charge is 0.331 e. The maximum Gasteiger partial charge on any atom is 0.331 e. The van der Waals surface area contributed by atoms with Crippen LogP contribution in [-0.2, 0) is 14.3 Å². The molecule has 0 atom stereocenters. The molecule has 2 aromatic carbocycles. The van der Waals surface area contributed by atoms with E-state index in [0.717, 1.165) is 11.0 Å². The second kappa shape index (κ2) is 8.39. The van der Waals surface area contributed by atoms with Gasteiger partial charge in [-0.3, -0.25) is 9.78 Å². The predicted molar refractivity (Wildman–Crippen MR) is 106 cm³/mol. The maximum atomic E-state index is 12.0. The van der Waals surface area contributed by atoms with Crippen molar-refractivity contribution >= 4 is 34.7 Å². The lowest BCUT2D eigenvalue weighted by atomic mass is 10.2. The van der Waals surface area contributed by atoms with E-state index in [1.54, 1.807) is 24.4 Å². The zero-order valence-corrected chi connectivity index (χ0v) is 15.3. The van der Waals surface area contributed by atoms with Gasteiger partial charge in [-0.25, -0.2) is 9.78 Å². The highest BCUT2D eigenvalue weighted by molar-refractivity contribution is 5.94. The van der Waals surface area contributed by atoms with Crippen LogP contribution < -0.4 is 14.8 Å². The molecule has 1 N–H and O–H groups in total. The fourth-order valence-corrected chi connectivity index (χ4v) is 2.71. The highest BCUT2D eigenvalue weighted by Crippen LogP contribution is 2.32. The number of aromatic nitrogens is 2. The molecule has 1 aliphatic rings. The first kappa shape index (κ1) is 18.4. The van der Waals surface area contributed by atoms with Gasteiger partial charge in [0.1, 0.15) is 13.2 Å². The number of amides is 1. The summed E-state index contributed by atoms with van der Waals surface area (Å²) < 4.78 is 15.8. The summed E-state index contributed by atoms with van der Waals surface area (Å²) in [4.78, 5) is 32.5. The van der Waals surface area contributed by atoms with Crippen LogP contribution in [0.15, 0.2) is 54.7 Å². The van der Waals surface area contributed by atoms with Gasteiger partial charge >= 0.3 is 5.97 Å². The zero-order valence-electron chi connectivity index (χ0n) is 15.3. The summed E-state index contributed by atoms with van der Waals surface area (Å²) in [6, 6.07) is 12.5. The zero-order chi connectivity index (χ0) is 20.1. The Kier molecular flexibility index (Phi) is 5.33. The number of esters is 1. The minimum atomic E-state index is -0.655. The number of carbonyl (C=O) groups excluding carboxylic acids is 2. The summed E-state index contributed by atoms with van der Waals surface area (Å²) in [5.41, 5.74) is 2.53. The molecule has 1 aliphatic heterocycles. The molecule has 0 spiro atoms. The molecule has 3 aromatic rings. The number of nitrogens with one attached hydrogen (secondary N) is 1. The van der Waals surface area contributed by atoms with Crippen LogP contribution in [0.3, 0.4) is 0 Å². The van der Waals surface area contributed by atoms with E-state index in [2.05, 4.69) is 15.3 Å². The van der Waals surface area contributed by atoms with Gasteiger partial charge in [-0.2, -0.15) is 0 Å². The first-order valence-electron chi connectivity index (χ1n) is 8.93. The van der Waals surface area contributed by atoms with Gasteiger partial charge in [0.15, 0.2) is 18.1 Å². The largest absolute Gasteiger partial charge is 0.486 e. The summed E-state index contributed by atoms with van der Waals surface area (Å²) in [5, 5.41) is 2.64. The van der Waals surface area contributed by atoms with Crippen molar-refractivity contribution in [2.45, 2.75) is 0 Å². The predicted octanol–water partition coefficient (Wildman–Crippen LogP) is 2.60. The third-order valence-corrected chi connectivity index (χ3v) is 4.03. The number of para-hydroxylation sites is 2. The van der Waals surface area contributed by atoms with Gasteiger partial charge in [0, 0.05) is 17.8 Å². The summed E-state index contributed by atoms with van der Waals surface area (Å²) in [6.07, 6.45) is 4.25. The van der Waals surface area contributed by atoms with Gasteiger partial charge < -0.3 is 19.5 Å². The van der Waals surface area contributed by atoms with E-state index in [4.69, 9.17) is 14.2 Å². The molecule has 0 radical (unpaired) electrons. The third kappa shape index (κ3) is 4.67. The van der Waals surface area contributed by atoms with Gasteiger partial charge in [0.2, 0.25) is 0 Å². The summed E-state index contributed by atoms with van der Waals surface area (Å²) in [7, 11) is 0. The SMILES string of the molecule is O=C(COC(=O)/C=C/c1cnc2ccccc2n1)Nc1ccc2c(c1)OCCO2. The van der Waals surface area contributed by atoms with Gasteiger partial charge in [-0.05, 0) is 30.3 Å². The van der Waals surface area contributed by atoms with Gasteiger partial charge in [-0.15, -0.1) is 0 Å². The van der Waals surface area contributed by atoms with Crippen molar-refractivity contribution in [3.05, 3.63) is 60.4 Å². The lowest BCUT2D eigenvalue weighted by Gasteiger charge is -2.18. The van der Waals surface area contributed by atoms with E-state index in [1.807, 2.05) is 24.3 Å². The molecule has 8 nitrogen and oxygen atoms in total. The molecule has 1 amide bonds. The average Bonchev–Trinajstić information content (AvgIpc) is 2.76. The molecule has 29 heavy (non-hydrogen) atoms. The van der Waals surface area contributed by atoms with Crippen molar-refractivity contribution in [1.29, 1.82) is 0 Å². The number of anilines is 1. The fourth-order valence-electron chi connectivity index (χ4n) is 2.71. The molecule has 1 aromatic heterocycles. The number of benzene rings is 2. The Balaban J connectivity index is 1.29. The van der Waals surface area contributed by atoms with E-state index in [1.165, 1.54) is 12.2 Å². The first-order valence-corrected chi connectivity index (χ1v) is 8.93. The van der Waals surface area contributed by atoms with E-state index < -0.39 is 18.5 Å². The van der Waals surface area contributed by atoms with Crippen molar-refractivity contribution in [1.82, 2.24) is 9.97 Å². The van der Waals surface area contributed by atoms with E-state index in [-0.39, 0.29) is 0 Å². The van der Waals surface area contributed by atoms with Crippen LogP contribution >= 0.6 is 0 Å². The van der Waals surface area contributed by atoms with Gasteiger partial charge in [-0.1, -0.05) is 12.1 Å². The Labute approximate surface area is 166 Å². The molecule has 0 fully saturated rings. The van der Waals surface area contributed by atoms with Crippen LogP contribution in [0, 0.1) is 0 Å². The van der Waals surface area contributed by atoms with Crippen LogP contribution in [0.2, 0.25) is 0 Å². The molecule has 146 valence electrons. The fraction of sp³-hybridized carbons (Fsp3) is 0.143. The van der Waals surface area contributed by atoms with Crippen LogP contribution in [0.1, 0.15) is 5.69 Å². The maximum absolute atomic E-state index is 12.0. The van der Waals surface area contributed by atoms with E-state index >= 15 is 0 Å². The van der Waals surface area contributed by atoms with Crippen molar-refractivity contribution in [3.8, 4) is 11.5 Å². The molecule has 0 saturated heterocycles. The number of hydrogen-bond acceptors (Lipinski definition) is 7. The molecule has 0 saturated carbocycles. The lowest BCUT2D eigenvalue weighted by molar-refractivity contribution is -0.142. The highest BCUT2D eigenvalue weighted by Gasteiger charge is 2.13. The summed E-state index contributed by atoms with van der Waals surface area (Å²) in [5.74, 6) is 0.0688.